The van der Waals surface area contributed by atoms with Gasteiger partial charge in [0, 0.05) is 38.8 Å². The molecule has 162 valence electrons. The predicted octanol–water partition coefficient (Wildman–Crippen LogP) is 3.30. The first-order valence-corrected chi connectivity index (χ1v) is 10.5. The summed E-state index contributed by atoms with van der Waals surface area (Å²) in [5, 5.41) is 14.4. The number of carbonyl (C=O) groups excluding carboxylic acids is 1. The van der Waals surface area contributed by atoms with Gasteiger partial charge in [0.25, 0.3) is 0 Å². The second-order valence-electron chi connectivity index (χ2n) is 8.33. The third kappa shape index (κ3) is 4.36. The summed E-state index contributed by atoms with van der Waals surface area (Å²) < 4.78 is 6.08. The number of carbonyl (C=O) groups is 1. The van der Waals surface area contributed by atoms with Gasteiger partial charge in [0.15, 0.2) is 0 Å². The Bertz CT molecular complexity index is 856. The molecule has 0 saturated carbocycles. The number of benzene rings is 1. The molecule has 7 heteroatoms. The normalized spacial score (nSPS) is 18.5. The Kier molecular flexibility index (Phi) is 6.81. The number of aryl methyl sites for hydroxylation is 3. The van der Waals surface area contributed by atoms with Crippen molar-refractivity contribution >= 4 is 11.7 Å². The van der Waals surface area contributed by atoms with Gasteiger partial charge in [-0.1, -0.05) is 17.7 Å². The smallest absolute Gasteiger partial charge is 0.412 e. The minimum absolute atomic E-state index is 0.278. The highest BCUT2D eigenvalue weighted by Crippen LogP contribution is 2.42. The van der Waals surface area contributed by atoms with Gasteiger partial charge in [-0.05, 0) is 50.3 Å². The van der Waals surface area contributed by atoms with Gasteiger partial charge in [0.05, 0.1) is 25.1 Å². The lowest BCUT2D eigenvalue weighted by atomic mass is 9.85. The fourth-order valence-corrected chi connectivity index (χ4v) is 4.65. The van der Waals surface area contributed by atoms with Gasteiger partial charge in [-0.15, -0.1) is 0 Å². The zero-order valence-corrected chi connectivity index (χ0v) is 18.7. The van der Waals surface area contributed by atoms with E-state index < -0.39 is 6.09 Å². The molecule has 1 aromatic rings. The lowest BCUT2D eigenvalue weighted by molar-refractivity contribution is -0.151. The average molecular weight is 413 g/mol. The van der Waals surface area contributed by atoms with Crippen LogP contribution in [0.15, 0.2) is 17.9 Å². The van der Waals surface area contributed by atoms with Crippen molar-refractivity contribution < 1.29 is 14.4 Å². The van der Waals surface area contributed by atoms with E-state index in [0.29, 0.717) is 13.1 Å². The summed E-state index contributed by atoms with van der Waals surface area (Å²) in [6.07, 6.45) is 1.44. The number of nitrogens with zero attached hydrogens (tertiary/aromatic N) is 3. The number of rotatable bonds is 5. The van der Waals surface area contributed by atoms with Crippen LogP contribution in [0.1, 0.15) is 41.5 Å². The van der Waals surface area contributed by atoms with Gasteiger partial charge in [-0.25, -0.2) is 4.79 Å². The standard InChI is InChI=1S/C23H32N4O3/c1-16-13-17(2)20(18(3)14-16)19-15-25-23(7-11-27(29-5)12-8-23)21(19)30-22(28)26(4)10-6-9-24/h13-14,25H,6-8,10-12,15H2,1-5H3. The summed E-state index contributed by atoms with van der Waals surface area (Å²) in [5.41, 5.74) is 5.40. The van der Waals surface area contributed by atoms with Crippen molar-refractivity contribution in [3.63, 3.8) is 0 Å². The largest absolute Gasteiger partial charge is 0.414 e. The predicted molar refractivity (Wildman–Crippen MR) is 115 cm³/mol. The number of nitrogens with one attached hydrogen (secondary N) is 1. The molecule has 0 bridgehead atoms. The maximum Gasteiger partial charge on any atom is 0.414 e. The van der Waals surface area contributed by atoms with E-state index in [0.717, 1.165) is 42.8 Å². The second kappa shape index (κ2) is 9.17. The molecule has 2 aliphatic rings. The molecule has 1 N–H and O–H groups in total. The Morgan fingerprint density at radius 3 is 2.47 bits per heavy atom. The molecule has 0 unspecified atom stereocenters. The summed E-state index contributed by atoms with van der Waals surface area (Å²) in [5.74, 6) is 0.724. The monoisotopic (exact) mass is 412 g/mol. The highest BCUT2D eigenvalue weighted by Gasteiger charge is 2.46. The van der Waals surface area contributed by atoms with E-state index in [1.54, 1.807) is 14.2 Å². The molecular formula is C23H32N4O3. The van der Waals surface area contributed by atoms with Crippen LogP contribution in [0.25, 0.3) is 5.57 Å². The highest BCUT2D eigenvalue weighted by atomic mass is 16.7. The molecule has 1 aromatic carbocycles. The minimum Gasteiger partial charge on any atom is -0.412 e. The first-order valence-electron chi connectivity index (χ1n) is 10.5. The van der Waals surface area contributed by atoms with Crippen LogP contribution in [0, 0.1) is 32.1 Å². The molecular weight excluding hydrogens is 380 g/mol. The second-order valence-corrected chi connectivity index (χ2v) is 8.33. The number of hydrogen-bond acceptors (Lipinski definition) is 6. The number of piperidine rings is 1. The lowest BCUT2D eigenvalue weighted by Crippen LogP contribution is -2.52. The van der Waals surface area contributed by atoms with Crippen LogP contribution in [0.3, 0.4) is 0 Å². The Morgan fingerprint density at radius 1 is 1.27 bits per heavy atom. The molecule has 7 nitrogen and oxygen atoms in total. The van der Waals surface area contributed by atoms with E-state index in [1.807, 2.05) is 5.06 Å². The van der Waals surface area contributed by atoms with Crippen molar-refractivity contribution in [2.45, 2.75) is 45.6 Å². The Balaban J connectivity index is 2.01. The summed E-state index contributed by atoms with van der Waals surface area (Å²) in [4.78, 5) is 19.7. The van der Waals surface area contributed by atoms with Crippen LogP contribution in [0.2, 0.25) is 0 Å². The molecule has 1 amide bonds. The molecule has 1 saturated heterocycles. The summed E-state index contributed by atoms with van der Waals surface area (Å²) in [6, 6.07) is 6.42. The molecule has 2 aliphatic heterocycles. The van der Waals surface area contributed by atoms with Crippen LogP contribution in [-0.2, 0) is 9.57 Å². The quantitative estimate of drug-likeness (QED) is 0.800. The number of amides is 1. The minimum atomic E-state index is -0.419. The molecule has 0 radical (unpaired) electrons. The lowest BCUT2D eigenvalue weighted by Gasteiger charge is -2.39. The summed E-state index contributed by atoms with van der Waals surface area (Å²) in [6.45, 7) is 8.83. The van der Waals surface area contributed by atoms with E-state index in [1.165, 1.54) is 21.6 Å². The van der Waals surface area contributed by atoms with Crippen LogP contribution >= 0.6 is 0 Å². The number of hydroxylamine groups is 2. The third-order valence-electron chi connectivity index (χ3n) is 6.19. The van der Waals surface area contributed by atoms with Gasteiger partial charge in [-0.3, -0.25) is 0 Å². The van der Waals surface area contributed by atoms with Gasteiger partial charge in [0.2, 0.25) is 0 Å². The molecule has 30 heavy (non-hydrogen) atoms. The Labute approximate surface area is 179 Å². The topological polar surface area (TPSA) is 77.8 Å². The van der Waals surface area contributed by atoms with E-state index >= 15 is 0 Å². The van der Waals surface area contributed by atoms with Gasteiger partial charge >= 0.3 is 6.09 Å². The van der Waals surface area contributed by atoms with Crippen LogP contribution < -0.4 is 5.32 Å². The molecule has 2 heterocycles. The van der Waals surface area contributed by atoms with Crippen molar-refractivity contribution in [2.24, 2.45) is 0 Å². The van der Waals surface area contributed by atoms with Gasteiger partial charge in [-0.2, -0.15) is 10.3 Å². The zero-order chi connectivity index (χ0) is 21.9. The van der Waals surface area contributed by atoms with Crippen molar-refractivity contribution in [3.05, 3.63) is 40.1 Å². The molecule has 0 aromatic heterocycles. The fourth-order valence-electron chi connectivity index (χ4n) is 4.65. The first kappa shape index (κ1) is 22.3. The molecule has 0 aliphatic carbocycles. The van der Waals surface area contributed by atoms with Crippen LogP contribution in [0.4, 0.5) is 4.79 Å². The van der Waals surface area contributed by atoms with Crippen LogP contribution in [-0.4, -0.2) is 61.9 Å². The number of hydrogen-bond donors (Lipinski definition) is 1. The van der Waals surface area contributed by atoms with Crippen molar-refractivity contribution in [1.82, 2.24) is 15.3 Å². The summed E-state index contributed by atoms with van der Waals surface area (Å²) >= 11 is 0. The van der Waals surface area contributed by atoms with E-state index in [4.69, 9.17) is 14.8 Å². The van der Waals surface area contributed by atoms with E-state index in [9.17, 15) is 4.79 Å². The highest BCUT2D eigenvalue weighted by molar-refractivity contribution is 5.80. The third-order valence-corrected chi connectivity index (χ3v) is 6.19. The summed E-state index contributed by atoms with van der Waals surface area (Å²) in [7, 11) is 3.36. The zero-order valence-electron chi connectivity index (χ0n) is 18.7. The molecule has 1 fully saturated rings. The van der Waals surface area contributed by atoms with Gasteiger partial charge in [0.1, 0.15) is 5.76 Å². The molecule has 1 spiro atoms. The van der Waals surface area contributed by atoms with Crippen LogP contribution in [0.5, 0.6) is 0 Å². The maximum atomic E-state index is 12.8. The number of nitriles is 1. The Morgan fingerprint density at radius 2 is 1.90 bits per heavy atom. The number of ether oxygens (including phenoxy) is 1. The van der Waals surface area contributed by atoms with Crippen molar-refractivity contribution in [3.8, 4) is 6.07 Å². The SMILES string of the molecule is CON1CCC2(CC1)NCC(c1c(C)cc(C)cc1C)=C2OC(=O)N(C)CCC#N. The van der Waals surface area contributed by atoms with E-state index in [2.05, 4.69) is 44.3 Å². The Hall–Kier alpha value is -2.40. The van der Waals surface area contributed by atoms with Gasteiger partial charge < -0.3 is 19.8 Å². The molecule has 0 atom stereocenters. The average Bonchev–Trinajstić information content (AvgIpc) is 3.03. The van der Waals surface area contributed by atoms with Crippen molar-refractivity contribution in [1.29, 1.82) is 5.26 Å². The maximum absolute atomic E-state index is 12.8. The first-order chi connectivity index (χ1) is 14.3. The molecule has 3 rings (SSSR count). The van der Waals surface area contributed by atoms with E-state index in [-0.39, 0.29) is 12.0 Å². The van der Waals surface area contributed by atoms with Crippen molar-refractivity contribution in [2.75, 3.05) is 40.3 Å². The fraction of sp³-hybridized carbons (Fsp3) is 0.565.